The second-order valence-corrected chi connectivity index (χ2v) is 6.94. The molecule has 0 saturated carbocycles. The number of carboxylic acids is 1. The summed E-state index contributed by atoms with van der Waals surface area (Å²) >= 11 is 5.84. The molecule has 2 rings (SSSR count). The Kier molecular flexibility index (Phi) is 5.29. The molecule has 1 aromatic carbocycles. The number of aliphatic carboxylic acids is 1. The van der Waals surface area contributed by atoms with Gasteiger partial charge in [0.15, 0.2) is 5.69 Å². The van der Waals surface area contributed by atoms with Crippen molar-refractivity contribution in [2.24, 2.45) is 0 Å². The predicted molar refractivity (Wildman–Crippen MR) is 89.1 cm³/mol. The third kappa shape index (κ3) is 4.58. The number of rotatable bonds is 5. The zero-order valence-corrected chi connectivity index (χ0v) is 14.4. The van der Waals surface area contributed by atoms with E-state index < -0.39 is 17.9 Å². The molecule has 1 amide bonds. The normalized spacial score (nSPS) is 12.7. The van der Waals surface area contributed by atoms with Gasteiger partial charge in [-0.25, -0.2) is 0 Å². The monoisotopic (exact) mass is 350 g/mol. The standard InChI is InChI=1S/C17H19ClN2O4/c1-17(2,3)14-8-13(20-24-14)16(23)19-12(9-15(21)22)10-4-6-11(18)7-5-10/h4-8,12H,9H2,1-3H3,(H,19,23)(H,21,22)/t12-/m0/s1. The van der Waals surface area contributed by atoms with E-state index >= 15 is 0 Å². The van der Waals surface area contributed by atoms with Crippen molar-refractivity contribution in [2.45, 2.75) is 38.6 Å². The van der Waals surface area contributed by atoms with E-state index in [0.717, 1.165) is 0 Å². The van der Waals surface area contributed by atoms with Crippen LogP contribution >= 0.6 is 11.6 Å². The first-order valence-electron chi connectivity index (χ1n) is 7.42. The van der Waals surface area contributed by atoms with Gasteiger partial charge in [-0.15, -0.1) is 0 Å². The summed E-state index contributed by atoms with van der Waals surface area (Å²) in [6, 6.07) is 7.52. The Bertz CT molecular complexity index is 732. The lowest BCUT2D eigenvalue weighted by molar-refractivity contribution is -0.137. The second-order valence-electron chi connectivity index (χ2n) is 6.50. The summed E-state index contributed by atoms with van der Waals surface area (Å²) in [6.45, 7) is 5.82. The highest BCUT2D eigenvalue weighted by Gasteiger charge is 2.24. The first kappa shape index (κ1) is 18.0. The summed E-state index contributed by atoms with van der Waals surface area (Å²) in [5.41, 5.74) is 0.487. The minimum atomic E-state index is -1.02. The minimum absolute atomic E-state index is 0.115. The highest BCUT2D eigenvalue weighted by molar-refractivity contribution is 6.30. The molecule has 128 valence electrons. The summed E-state index contributed by atoms with van der Waals surface area (Å²) in [5.74, 6) is -0.935. The maximum atomic E-state index is 12.4. The van der Waals surface area contributed by atoms with Crippen molar-refractivity contribution in [2.75, 3.05) is 0 Å². The molecule has 0 spiro atoms. The summed E-state index contributed by atoms with van der Waals surface area (Å²) < 4.78 is 5.19. The van der Waals surface area contributed by atoms with Gasteiger partial charge in [0, 0.05) is 16.5 Å². The number of nitrogens with zero attached hydrogens (tertiary/aromatic N) is 1. The molecule has 0 aliphatic heterocycles. The van der Waals surface area contributed by atoms with E-state index in [1.807, 2.05) is 20.8 Å². The second kappa shape index (κ2) is 7.05. The molecular formula is C17H19ClN2O4. The first-order valence-corrected chi connectivity index (χ1v) is 7.80. The van der Waals surface area contributed by atoms with Crippen LogP contribution in [-0.4, -0.2) is 22.1 Å². The fraction of sp³-hybridized carbons (Fsp3) is 0.353. The van der Waals surface area contributed by atoms with Gasteiger partial charge in [-0.3, -0.25) is 9.59 Å². The average Bonchev–Trinajstić information content (AvgIpc) is 2.97. The number of hydrogen-bond acceptors (Lipinski definition) is 4. The maximum Gasteiger partial charge on any atom is 0.305 e. The summed E-state index contributed by atoms with van der Waals surface area (Å²) in [7, 11) is 0. The highest BCUT2D eigenvalue weighted by Crippen LogP contribution is 2.24. The van der Waals surface area contributed by atoms with Crippen LogP contribution in [0, 0.1) is 0 Å². The van der Waals surface area contributed by atoms with Crippen molar-refractivity contribution < 1.29 is 19.2 Å². The number of carbonyl (C=O) groups is 2. The van der Waals surface area contributed by atoms with Gasteiger partial charge >= 0.3 is 5.97 Å². The molecule has 2 N–H and O–H groups in total. The van der Waals surface area contributed by atoms with E-state index in [0.29, 0.717) is 16.3 Å². The highest BCUT2D eigenvalue weighted by atomic mass is 35.5. The molecule has 0 aliphatic rings. The van der Waals surface area contributed by atoms with Crippen LogP contribution in [0.25, 0.3) is 0 Å². The predicted octanol–water partition coefficient (Wildman–Crippen LogP) is 3.57. The topological polar surface area (TPSA) is 92.4 Å². The van der Waals surface area contributed by atoms with Crippen molar-refractivity contribution in [3.63, 3.8) is 0 Å². The van der Waals surface area contributed by atoms with Crippen LogP contribution in [0.15, 0.2) is 34.9 Å². The third-order valence-corrected chi connectivity index (χ3v) is 3.69. The lowest BCUT2D eigenvalue weighted by Crippen LogP contribution is -2.30. The van der Waals surface area contributed by atoms with Crippen LogP contribution in [0.2, 0.25) is 5.02 Å². The number of carboxylic acid groups (broad SMARTS) is 1. The van der Waals surface area contributed by atoms with Crippen molar-refractivity contribution in [1.82, 2.24) is 10.5 Å². The summed E-state index contributed by atoms with van der Waals surface area (Å²) in [4.78, 5) is 23.5. The van der Waals surface area contributed by atoms with E-state index in [1.54, 1.807) is 30.3 Å². The van der Waals surface area contributed by atoms with Gasteiger partial charge in [-0.2, -0.15) is 0 Å². The Labute approximate surface area is 144 Å². The number of nitrogens with one attached hydrogen (secondary N) is 1. The molecule has 0 bridgehead atoms. The molecule has 7 heteroatoms. The summed E-state index contributed by atoms with van der Waals surface area (Å²) in [5, 5.41) is 16.1. The molecule has 0 saturated heterocycles. The van der Waals surface area contributed by atoms with Crippen LogP contribution < -0.4 is 5.32 Å². The molecule has 0 unspecified atom stereocenters. The molecule has 0 aliphatic carbocycles. The number of halogens is 1. The van der Waals surface area contributed by atoms with Crippen molar-refractivity contribution in [1.29, 1.82) is 0 Å². The van der Waals surface area contributed by atoms with Crippen LogP contribution in [0.4, 0.5) is 0 Å². The lowest BCUT2D eigenvalue weighted by Gasteiger charge is -2.16. The number of aromatic nitrogens is 1. The number of carbonyl (C=O) groups excluding carboxylic acids is 1. The molecule has 0 radical (unpaired) electrons. The van der Waals surface area contributed by atoms with Gasteiger partial charge in [0.1, 0.15) is 5.76 Å². The third-order valence-electron chi connectivity index (χ3n) is 3.44. The smallest absolute Gasteiger partial charge is 0.305 e. The number of amides is 1. The molecule has 1 heterocycles. The van der Waals surface area contributed by atoms with E-state index in [2.05, 4.69) is 10.5 Å². The number of benzene rings is 1. The first-order chi connectivity index (χ1) is 11.2. The summed E-state index contributed by atoms with van der Waals surface area (Å²) in [6.07, 6.45) is -0.253. The molecule has 0 fully saturated rings. The molecular weight excluding hydrogens is 332 g/mol. The van der Waals surface area contributed by atoms with Crippen molar-refractivity contribution >= 4 is 23.5 Å². The van der Waals surface area contributed by atoms with Gasteiger partial charge in [0.05, 0.1) is 12.5 Å². The Morgan fingerprint density at radius 2 is 1.92 bits per heavy atom. The number of hydrogen-bond donors (Lipinski definition) is 2. The van der Waals surface area contributed by atoms with Gasteiger partial charge in [-0.05, 0) is 17.7 Å². The lowest BCUT2D eigenvalue weighted by atomic mass is 9.93. The van der Waals surface area contributed by atoms with Crippen molar-refractivity contribution in [3.8, 4) is 0 Å². The Balaban J connectivity index is 2.19. The quantitative estimate of drug-likeness (QED) is 0.859. The Hall–Kier alpha value is -2.34. The van der Waals surface area contributed by atoms with Gasteiger partial charge < -0.3 is 14.9 Å². The van der Waals surface area contributed by atoms with Crippen LogP contribution in [-0.2, 0) is 10.2 Å². The zero-order valence-electron chi connectivity index (χ0n) is 13.7. The molecule has 1 aromatic heterocycles. The molecule has 6 nitrogen and oxygen atoms in total. The van der Waals surface area contributed by atoms with Crippen molar-refractivity contribution in [3.05, 3.63) is 52.4 Å². The van der Waals surface area contributed by atoms with E-state index in [1.165, 1.54) is 0 Å². The van der Waals surface area contributed by atoms with E-state index in [4.69, 9.17) is 21.2 Å². The maximum absolute atomic E-state index is 12.4. The average molecular weight is 351 g/mol. The van der Waals surface area contributed by atoms with Gasteiger partial charge in [-0.1, -0.05) is 49.7 Å². The largest absolute Gasteiger partial charge is 0.481 e. The van der Waals surface area contributed by atoms with Crippen LogP contribution in [0.1, 0.15) is 55.0 Å². The van der Waals surface area contributed by atoms with Gasteiger partial charge in [0.2, 0.25) is 0 Å². The fourth-order valence-corrected chi connectivity index (χ4v) is 2.22. The molecule has 24 heavy (non-hydrogen) atoms. The van der Waals surface area contributed by atoms with Crippen LogP contribution in [0.5, 0.6) is 0 Å². The fourth-order valence-electron chi connectivity index (χ4n) is 2.09. The minimum Gasteiger partial charge on any atom is -0.481 e. The van der Waals surface area contributed by atoms with E-state index in [-0.39, 0.29) is 17.5 Å². The molecule has 2 aromatic rings. The van der Waals surface area contributed by atoms with Gasteiger partial charge in [0.25, 0.3) is 5.91 Å². The SMILES string of the molecule is CC(C)(C)c1cc(C(=O)N[C@@H](CC(=O)O)c2ccc(Cl)cc2)no1. The van der Waals surface area contributed by atoms with Crippen LogP contribution in [0.3, 0.4) is 0 Å². The Morgan fingerprint density at radius 3 is 2.42 bits per heavy atom. The zero-order chi connectivity index (χ0) is 17.9. The molecule has 1 atom stereocenters. The Morgan fingerprint density at radius 1 is 1.29 bits per heavy atom. The van der Waals surface area contributed by atoms with E-state index in [9.17, 15) is 9.59 Å².